The molecule has 0 bridgehead atoms. The zero-order valence-electron chi connectivity index (χ0n) is 16.5. The number of amides is 1. The molecule has 1 N–H and O–H groups in total. The molecule has 3 heterocycles. The molecule has 162 valence electrons. The first kappa shape index (κ1) is 21.9. The Hall–Kier alpha value is -2.78. The smallest absolute Gasteiger partial charge is 0.366 e. The monoisotopic (exact) mass is 428 g/mol. The number of anilines is 2. The Morgan fingerprint density at radius 1 is 1.23 bits per heavy atom. The van der Waals surface area contributed by atoms with Crippen LogP contribution in [-0.2, 0) is 23.9 Å². The van der Waals surface area contributed by atoms with E-state index in [1.807, 2.05) is 4.90 Å². The zero-order chi connectivity index (χ0) is 22.1. The number of carbonyl (C=O) groups is 1. The van der Waals surface area contributed by atoms with Crippen molar-refractivity contribution < 1.29 is 26.7 Å². The summed E-state index contributed by atoms with van der Waals surface area (Å²) in [4.78, 5) is 21.7. The van der Waals surface area contributed by atoms with Crippen LogP contribution >= 0.6 is 0 Å². The standard InChI is InChI=1S/C20H21F5N4O/c1-12-8-15-14(27-18(12)28-17(30)9-19(2,21)22)4-3-7-29(15)11-13-5-6-16(26-10-13)20(23,24)25/h5-6,8,10H,3-4,7,9,11H2,1-2H3,(H,27,28,30). The van der Waals surface area contributed by atoms with Gasteiger partial charge in [-0.25, -0.2) is 13.8 Å². The second-order valence-electron chi connectivity index (χ2n) is 7.49. The molecule has 0 fully saturated rings. The van der Waals surface area contributed by atoms with Crippen molar-refractivity contribution in [3.63, 3.8) is 0 Å². The minimum Gasteiger partial charge on any atom is -0.366 e. The van der Waals surface area contributed by atoms with E-state index in [2.05, 4.69) is 15.3 Å². The summed E-state index contributed by atoms with van der Waals surface area (Å²) in [5, 5.41) is 2.44. The summed E-state index contributed by atoms with van der Waals surface area (Å²) in [6.07, 6.45) is -2.81. The van der Waals surface area contributed by atoms with Crippen LogP contribution in [0.4, 0.5) is 33.5 Å². The third kappa shape index (κ3) is 5.43. The Balaban J connectivity index is 1.77. The van der Waals surface area contributed by atoms with Crippen LogP contribution < -0.4 is 10.2 Å². The Morgan fingerprint density at radius 2 is 1.97 bits per heavy atom. The lowest BCUT2D eigenvalue weighted by molar-refractivity contribution is -0.141. The quantitative estimate of drug-likeness (QED) is 0.699. The van der Waals surface area contributed by atoms with Crippen molar-refractivity contribution >= 4 is 17.4 Å². The molecule has 0 unspecified atom stereocenters. The number of hydrogen-bond acceptors (Lipinski definition) is 4. The number of pyridine rings is 2. The lowest BCUT2D eigenvalue weighted by Crippen LogP contribution is -2.30. The lowest BCUT2D eigenvalue weighted by Gasteiger charge is -2.31. The highest BCUT2D eigenvalue weighted by Gasteiger charge is 2.32. The molecule has 0 spiro atoms. The van der Waals surface area contributed by atoms with E-state index in [-0.39, 0.29) is 5.82 Å². The molecule has 0 saturated carbocycles. The predicted molar refractivity (Wildman–Crippen MR) is 101 cm³/mol. The van der Waals surface area contributed by atoms with E-state index in [0.717, 1.165) is 18.2 Å². The van der Waals surface area contributed by atoms with Gasteiger partial charge in [0.05, 0.1) is 17.8 Å². The van der Waals surface area contributed by atoms with Crippen LogP contribution in [0.1, 0.15) is 42.3 Å². The fraction of sp³-hybridized carbons (Fsp3) is 0.450. The molecule has 1 aliphatic heterocycles. The molecule has 10 heteroatoms. The van der Waals surface area contributed by atoms with Crippen molar-refractivity contribution in [3.05, 3.63) is 46.9 Å². The minimum atomic E-state index is -4.49. The molecular formula is C20H21F5N4O. The number of hydrogen-bond donors (Lipinski definition) is 1. The van der Waals surface area contributed by atoms with E-state index >= 15 is 0 Å². The number of rotatable bonds is 5. The van der Waals surface area contributed by atoms with Crippen molar-refractivity contribution in [2.45, 2.75) is 51.8 Å². The highest BCUT2D eigenvalue weighted by atomic mass is 19.4. The summed E-state index contributed by atoms with van der Waals surface area (Å²) in [6.45, 7) is 3.42. The third-order valence-corrected chi connectivity index (χ3v) is 4.67. The summed E-state index contributed by atoms with van der Waals surface area (Å²) in [5.41, 5.74) is 1.79. The van der Waals surface area contributed by atoms with E-state index in [9.17, 15) is 26.7 Å². The zero-order valence-corrected chi connectivity index (χ0v) is 16.5. The van der Waals surface area contributed by atoms with Crippen LogP contribution in [0.5, 0.6) is 0 Å². The lowest BCUT2D eigenvalue weighted by atomic mass is 10.0. The van der Waals surface area contributed by atoms with Crippen LogP contribution in [0.3, 0.4) is 0 Å². The van der Waals surface area contributed by atoms with Gasteiger partial charge in [0, 0.05) is 19.3 Å². The largest absolute Gasteiger partial charge is 0.433 e. The second kappa shape index (κ2) is 8.16. The first-order valence-electron chi connectivity index (χ1n) is 9.38. The number of aryl methyl sites for hydroxylation is 2. The molecule has 30 heavy (non-hydrogen) atoms. The number of carbonyl (C=O) groups excluding carboxylic acids is 1. The van der Waals surface area contributed by atoms with E-state index in [0.29, 0.717) is 43.3 Å². The summed E-state index contributed by atoms with van der Waals surface area (Å²) in [5.74, 6) is -3.69. The van der Waals surface area contributed by atoms with Gasteiger partial charge < -0.3 is 10.2 Å². The number of halogens is 5. The van der Waals surface area contributed by atoms with Gasteiger partial charge in [0.15, 0.2) is 0 Å². The van der Waals surface area contributed by atoms with Crippen LogP contribution in [0, 0.1) is 6.92 Å². The van der Waals surface area contributed by atoms with Crippen molar-refractivity contribution in [2.24, 2.45) is 0 Å². The van der Waals surface area contributed by atoms with Gasteiger partial charge in [-0.3, -0.25) is 9.78 Å². The molecule has 1 amide bonds. The maximum absolute atomic E-state index is 13.0. The van der Waals surface area contributed by atoms with Gasteiger partial charge in [-0.1, -0.05) is 6.07 Å². The number of fused-ring (bicyclic) bond motifs is 1. The molecule has 0 aliphatic carbocycles. The summed E-state index contributed by atoms with van der Waals surface area (Å²) in [7, 11) is 0. The molecule has 0 aromatic carbocycles. The fourth-order valence-corrected chi connectivity index (χ4v) is 3.31. The van der Waals surface area contributed by atoms with Crippen LogP contribution in [0.15, 0.2) is 24.4 Å². The number of nitrogens with one attached hydrogen (secondary N) is 1. The predicted octanol–water partition coefficient (Wildman–Crippen LogP) is 4.74. The number of alkyl halides is 5. The van der Waals surface area contributed by atoms with Gasteiger partial charge >= 0.3 is 6.18 Å². The van der Waals surface area contributed by atoms with Crippen molar-refractivity contribution in [1.29, 1.82) is 0 Å². The number of aromatic nitrogens is 2. The summed E-state index contributed by atoms with van der Waals surface area (Å²) in [6, 6.07) is 4.15. The van der Waals surface area contributed by atoms with Crippen molar-refractivity contribution in [2.75, 3.05) is 16.8 Å². The van der Waals surface area contributed by atoms with Crippen LogP contribution in [0.25, 0.3) is 0 Å². The molecule has 2 aromatic rings. The Kier molecular flexibility index (Phi) is 5.96. The topological polar surface area (TPSA) is 58.1 Å². The Morgan fingerprint density at radius 3 is 2.57 bits per heavy atom. The van der Waals surface area contributed by atoms with E-state index in [1.165, 1.54) is 12.3 Å². The van der Waals surface area contributed by atoms with Gasteiger partial charge in [-0.2, -0.15) is 13.2 Å². The second-order valence-corrected chi connectivity index (χ2v) is 7.49. The normalized spacial score (nSPS) is 14.4. The average Bonchev–Trinajstić information content (AvgIpc) is 2.61. The van der Waals surface area contributed by atoms with Gasteiger partial charge in [0.25, 0.3) is 5.92 Å². The maximum atomic E-state index is 13.0. The molecule has 1 aliphatic rings. The highest BCUT2D eigenvalue weighted by Crippen LogP contribution is 2.32. The molecule has 0 saturated heterocycles. The number of nitrogens with zero attached hydrogens (tertiary/aromatic N) is 3. The highest BCUT2D eigenvalue weighted by molar-refractivity contribution is 5.91. The van der Waals surface area contributed by atoms with E-state index in [1.54, 1.807) is 13.0 Å². The summed E-state index contributed by atoms with van der Waals surface area (Å²) >= 11 is 0. The van der Waals surface area contributed by atoms with E-state index in [4.69, 9.17) is 0 Å². The molecule has 3 rings (SSSR count). The average molecular weight is 428 g/mol. The van der Waals surface area contributed by atoms with Crippen molar-refractivity contribution in [1.82, 2.24) is 9.97 Å². The first-order valence-corrected chi connectivity index (χ1v) is 9.38. The van der Waals surface area contributed by atoms with Crippen molar-refractivity contribution in [3.8, 4) is 0 Å². The van der Waals surface area contributed by atoms with E-state index < -0.39 is 30.1 Å². The van der Waals surface area contributed by atoms with Gasteiger partial charge in [0.1, 0.15) is 11.5 Å². The minimum absolute atomic E-state index is 0.237. The molecule has 0 atom stereocenters. The third-order valence-electron chi connectivity index (χ3n) is 4.67. The first-order chi connectivity index (χ1) is 13.9. The SMILES string of the molecule is Cc1cc2c(nc1NC(=O)CC(C)(F)F)CCCN2Cc1ccc(C(F)(F)F)nc1. The summed E-state index contributed by atoms with van der Waals surface area (Å²) < 4.78 is 64.1. The molecular weight excluding hydrogens is 407 g/mol. The Bertz CT molecular complexity index is 923. The molecule has 5 nitrogen and oxygen atoms in total. The fourth-order valence-electron chi connectivity index (χ4n) is 3.31. The van der Waals surface area contributed by atoms with Crippen LogP contribution in [0.2, 0.25) is 0 Å². The Labute approximate surface area is 170 Å². The van der Waals surface area contributed by atoms with Gasteiger partial charge in [-0.05, 0) is 49.9 Å². The van der Waals surface area contributed by atoms with Crippen LogP contribution in [-0.4, -0.2) is 28.3 Å². The molecule has 0 radical (unpaired) electrons. The van der Waals surface area contributed by atoms with Gasteiger partial charge in [0.2, 0.25) is 5.91 Å². The van der Waals surface area contributed by atoms with Gasteiger partial charge in [-0.15, -0.1) is 0 Å². The molecule has 2 aromatic heterocycles. The maximum Gasteiger partial charge on any atom is 0.433 e.